The lowest BCUT2D eigenvalue weighted by Gasteiger charge is -2.08. The van der Waals surface area contributed by atoms with Crippen LogP contribution in [0.2, 0.25) is 0 Å². The van der Waals surface area contributed by atoms with Gasteiger partial charge in [0, 0.05) is 18.3 Å². The molecule has 3 aromatic rings. The summed E-state index contributed by atoms with van der Waals surface area (Å²) in [6.07, 6.45) is 3.09. The van der Waals surface area contributed by atoms with Gasteiger partial charge < -0.3 is 24.7 Å². The number of carbonyl (C=O) groups is 2. The number of rotatable bonds is 11. The lowest BCUT2D eigenvalue weighted by molar-refractivity contribution is -0.116. The van der Waals surface area contributed by atoms with Gasteiger partial charge in [-0.15, -0.1) is 10.2 Å². The Morgan fingerprint density at radius 3 is 2.51 bits per heavy atom. The van der Waals surface area contributed by atoms with Crippen molar-refractivity contribution in [1.29, 1.82) is 0 Å². The minimum atomic E-state index is -0.371. The lowest BCUT2D eigenvalue weighted by Crippen LogP contribution is -2.22. The average Bonchev–Trinajstić information content (AvgIpc) is 3.27. The fourth-order valence-electron chi connectivity index (χ4n) is 3.09. The molecule has 0 aliphatic carbocycles. The number of methoxy groups -OCH3 is 2. The molecule has 2 aromatic carbocycles. The molecule has 0 bridgehead atoms. The van der Waals surface area contributed by atoms with Crippen LogP contribution in [0.1, 0.15) is 18.3 Å². The van der Waals surface area contributed by atoms with E-state index in [2.05, 4.69) is 20.8 Å². The minimum absolute atomic E-state index is 0.107. The second-order valence-corrected chi connectivity index (χ2v) is 8.09. The number of nitrogens with zero attached hydrogens (tertiary/aromatic N) is 3. The van der Waals surface area contributed by atoms with Crippen LogP contribution in [0.3, 0.4) is 0 Å². The topological polar surface area (TPSA) is 107 Å². The molecule has 0 fully saturated rings. The highest BCUT2D eigenvalue weighted by Gasteiger charge is 2.14. The van der Waals surface area contributed by atoms with Crippen LogP contribution in [0.25, 0.3) is 6.08 Å². The molecule has 0 spiro atoms. The quantitative estimate of drug-likeness (QED) is 0.307. The number of thioether (sulfide) groups is 1. The van der Waals surface area contributed by atoms with E-state index in [0.29, 0.717) is 34.7 Å². The summed E-state index contributed by atoms with van der Waals surface area (Å²) in [7, 11) is 3.11. The molecule has 2 amide bonds. The molecule has 3 rings (SSSR count). The van der Waals surface area contributed by atoms with Crippen LogP contribution in [-0.4, -0.2) is 46.6 Å². The zero-order valence-corrected chi connectivity index (χ0v) is 20.4. The number of carbonyl (C=O) groups excluding carboxylic acids is 2. The molecule has 0 saturated heterocycles. The van der Waals surface area contributed by atoms with Crippen molar-refractivity contribution in [3.8, 4) is 11.5 Å². The van der Waals surface area contributed by atoms with Gasteiger partial charge in [0.15, 0.2) is 22.5 Å². The number of anilines is 1. The molecule has 2 N–H and O–H groups in total. The summed E-state index contributed by atoms with van der Waals surface area (Å²) in [6, 6.07) is 10.9. The van der Waals surface area contributed by atoms with Crippen LogP contribution in [0.5, 0.6) is 11.5 Å². The molecule has 1 aromatic heterocycles. The van der Waals surface area contributed by atoms with Crippen molar-refractivity contribution >= 4 is 35.3 Å². The van der Waals surface area contributed by atoms with Gasteiger partial charge in [-0.05, 0) is 55.0 Å². The van der Waals surface area contributed by atoms with Crippen LogP contribution < -0.4 is 20.1 Å². The van der Waals surface area contributed by atoms with Gasteiger partial charge in [0.2, 0.25) is 11.8 Å². The predicted octanol–water partition coefficient (Wildman–Crippen LogP) is 3.51. The summed E-state index contributed by atoms with van der Waals surface area (Å²) in [5.74, 6) is 0.944. The van der Waals surface area contributed by atoms with Crippen molar-refractivity contribution < 1.29 is 23.5 Å². The van der Waals surface area contributed by atoms with E-state index < -0.39 is 0 Å². The molecule has 0 atom stereocenters. The summed E-state index contributed by atoms with van der Waals surface area (Å²) in [4.78, 5) is 24.5. The number of benzene rings is 2. The highest BCUT2D eigenvalue weighted by atomic mass is 32.2. The smallest absolute Gasteiger partial charge is 0.244 e. The van der Waals surface area contributed by atoms with E-state index in [1.165, 1.54) is 42.1 Å². The maximum absolute atomic E-state index is 13.0. The first-order valence-electron chi connectivity index (χ1n) is 10.7. The van der Waals surface area contributed by atoms with Crippen LogP contribution in [0.15, 0.2) is 53.7 Å². The van der Waals surface area contributed by atoms with Gasteiger partial charge in [0.1, 0.15) is 5.82 Å². The molecule has 184 valence electrons. The molecule has 0 aliphatic heterocycles. The first-order chi connectivity index (χ1) is 16.9. The molecule has 0 saturated carbocycles. The van der Waals surface area contributed by atoms with Gasteiger partial charge in [0.05, 0.1) is 26.5 Å². The first kappa shape index (κ1) is 25.8. The zero-order chi connectivity index (χ0) is 25.2. The highest BCUT2D eigenvalue weighted by Crippen LogP contribution is 2.28. The van der Waals surface area contributed by atoms with Crippen LogP contribution in [0.4, 0.5) is 10.1 Å². The van der Waals surface area contributed by atoms with Crippen molar-refractivity contribution in [2.75, 3.05) is 25.3 Å². The first-order valence-corrected chi connectivity index (χ1v) is 11.7. The van der Waals surface area contributed by atoms with E-state index in [1.54, 1.807) is 32.4 Å². The fourth-order valence-corrected chi connectivity index (χ4v) is 3.91. The summed E-state index contributed by atoms with van der Waals surface area (Å²) in [5.41, 5.74) is 1.30. The number of hydrogen-bond acceptors (Lipinski definition) is 7. The van der Waals surface area contributed by atoms with Gasteiger partial charge in [0.25, 0.3) is 0 Å². The highest BCUT2D eigenvalue weighted by molar-refractivity contribution is 7.99. The molecule has 35 heavy (non-hydrogen) atoms. The molecule has 0 aliphatic rings. The number of halogens is 1. The maximum Gasteiger partial charge on any atom is 0.244 e. The molecule has 0 radical (unpaired) electrons. The van der Waals surface area contributed by atoms with Crippen LogP contribution >= 0.6 is 11.8 Å². The number of ether oxygens (including phenoxy) is 2. The second kappa shape index (κ2) is 12.6. The van der Waals surface area contributed by atoms with E-state index in [0.717, 1.165) is 5.56 Å². The third-order valence-electron chi connectivity index (χ3n) is 4.83. The third kappa shape index (κ3) is 7.31. The fraction of sp³-hybridized carbons (Fsp3) is 0.250. The average molecular weight is 500 g/mol. The van der Waals surface area contributed by atoms with Gasteiger partial charge in [-0.1, -0.05) is 17.8 Å². The zero-order valence-electron chi connectivity index (χ0n) is 19.6. The number of amides is 2. The Hall–Kier alpha value is -3.86. The van der Waals surface area contributed by atoms with Crippen molar-refractivity contribution in [2.24, 2.45) is 0 Å². The summed E-state index contributed by atoms with van der Waals surface area (Å²) >= 11 is 1.23. The molecule has 9 nitrogen and oxygen atoms in total. The van der Waals surface area contributed by atoms with E-state index in [9.17, 15) is 14.0 Å². The Morgan fingerprint density at radius 1 is 1.09 bits per heavy atom. The maximum atomic E-state index is 13.0. The molecule has 11 heteroatoms. The summed E-state index contributed by atoms with van der Waals surface area (Å²) in [6.45, 7) is 2.67. The van der Waals surface area contributed by atoms with E-state index >= 15 is 0 Å². The van der Waals surface area contributed by atoms with Crippen molar-refractivity contribution in [1.82, 2.24) is 20.1 Å². The largest absolute Gasteiger partial charge is 0.493 e. The Morgan fingerprint density at radius 2 is 1.83 bits per heavy atom. The third-order valence-corrected chi connectivity index (χ3v) is 5.79. The molecule has 1 heterocycles. The predicted molar refractivity (Wildman–Crippen MR) is 132 cm³/mol. The number of nitrogens with one attached hydrogen (secondary N) is 2. The van der Waals surface area contributed by atoms with Gasteiger partial charge >= 0.3 is 0 Å². The Labute approximate surface area is 206 Å². The standard InChI is InChI=1S/C24H26FN5O4S/c1-4-30-21(14-26-22(31)12-6-16-5-11-19(33-2)20(13-16)34-3)28-29-24(30)35-15-23(32)27-18-9-7-17(25)8-10-18/h5-13H,4,14-15H2,1-3H3,(H,26,31)(H,27,32). The molecular weight excluding hydrogens is 473 g/mol. The molecule has 0 unspecified atom stereocenters. The molecular formula is C24H26FN5O4S. The Bertz CT molecular complexity index is 1200. The number of hydrogen-bond donors (Lipinski definition) is 2. The minimum Gasteiger partial charge on any atom is -0.493 e. The Balaban J connectivity index is 1.53. The summed E-state index contributed by atoms with van der Waals surface area (Å²) in [5, 5.41) is 14.3. The van der Waals surface area contributed by atoms with Crippen molar-refractivity contribution in [2.45, 2.75) is 25.2 Å². The normalized spacial score (nSPS) is 10.9. The van der Waals surface area contributed by atoms with E-state index in [1.807, 2.05) is 17.6 Å². The van der Waals surface area contributed by atoms with E-state index in [-0.39, 0.29) is 29.9 Å². The van der Waals surface area contributed by atoms with Gasteiger partial charge in [-0.25, -0.2) is 4.39 Å². The summed E-state index contributed by atoms with van der Waals surface area (Å²) < 4.78 is 25.3. The van der Waals surface area contributed by atoms with Crippen molar-refractivity contribution in [3.05, 3.63) is 65.7 Å². The lowest BCUT2D eigenvalue weighted by atomic mass is 10.2. The van der Waals surface area contributed by atoms with Crippen LogP contribution in [-0.2, 0) is 22.7 Å². The van der Waals surface area contributed by atoms with Gasteiger partial charge in [-0.3, -0.25) is 9.59 Å². The van der Waals surface area contributed by atoms with Crippen LogP contribution in [0, 0.1) is 5.82 Å². The Kier molecular flexibility index (Phi) is 9.24. The van der Waals surface area contributed by atoms with Gasteiger partial charge in [-0.2, -0.15) is 0 Å². The van der Waals surface area contributed by atoms with E-state index in [4.69, 9.17) is 9.47 Å². The number of aromatic nitrogens is 3. The van der Waals surface area contributed by atoms with Crippen molar-refractivity contribution in [3.63, 3.8) is 0 Å². The monoisotopic (exact) mass is 499 g/mol. The second-order valence-electron chi connectivity index (χ2n) is 7.15. The SMILES string of the molecule is CCn1c(CNC(=O)C=Cc2ccc(OC)c(OC)c2)nnc1SCC(=O)Nc1ccc(F)cc1.